The number of benzene rings is 1. The van der Waals surface area contributed by atoms with Crippen LogP contribution in [0.3, 0.4) is 0 Å². The van der Waals surface area contributed by atoms with Crippen molar-refractivity contribution < 1.29 is 9.18 Å². The minimum atomic E-state index is -0.415. The van der Waals surface area contributed by atoms with Gasteiger partial charge in [-0.1, -0.05) is 23.7 Å². The molecule has 0 atom stereocenters. The highest BCUT2D eigenvalue weighted by atomic mass is 35.5. The fourth-order valence-electron chi connectivity index (χ4n) is 2.19. The van der Waals surface area contributed by atoms with E-state index in [0.29, 0.717) is 27.9 Å². The third kappa shape index (κ3) is 2.63. The molecule has 1 N–H and O–H groups in total. The largest absolute Gasteiger partial charge is 0.327 e. The number of aromatic amines is 1. The number of carbonyl (C=O) groups is 1. The molecule has 0 bridgehead atoms. The van der Waals surface area contributed by atoms with E-state index in [1.165, 1.54) is 12.1 Å². The zero-order chi connectivity index (χ0) is 15.7. The quantitative estimate of drug-likeness (QED) is 0.742. The van der Waals surface area contributed by atoms with Gasteiger partial charge in [0.25, 0.3) is 0 Å². The Morgan fingerprint density at radius 3 is 2.73 bits per heavy atom. The van der Waals surface area contributed by atoms with Crippen molar-refractivity contribution in [3.8, 4) is 22.8 Å². The number of nitrogens with one attached hydrogen (secondary N) is 1. The number of halogens is 2. The van der Waals surface area contributed by atoms with Crippen LogP contribution in [0, 0.1) is 12.7 Å². The number of hydrogen-bond acceptors (Lipinski definition) is 3. The molecule has 0 aliphatic carbocycles. The first kappa shape index (κ1) is 14.4. The van der Waals surface area contributed by atoms with E-state index in [1.54, 1.807) is 18.2 Å². The molecule has 0 amide bonds. The van der Waals surface area contributed by atoms with E-state index in [4.69, 9.17) is 11.6 Å². The van der Waals surface area contributed by atoms with Crippen molar-refractivity contribution >= 4 is 17.9 Å². The molecule has 0 aliphatic rings. The lowest BCUT2D eigenvalue weighted by atomic mass is 10.0. The Hall–Kier alpha value is -2.53. The average molecular weight is 316 g/mol. The second kappa shape index (κ2) is 5.69. The Morgan fingerprint density at radius 1 is 1.27 bits per heavy atom. The summed E-state index contributed by atoms with van der Waals surface area (Å²) in [7, 11) is 0. The van der Waals surface area contributed by atoms with Gasteiger partial charge < -0.3 is 4.98 Å². The number of carbonyl (C=O) groups excluding carboxylic acids is 1. The Morgan fingerprint density at radius 2 is 2.09 bits per heavy atom. The molecule has 4 nitrogen and oxygen atoms in total. The van der Waals surface area contributed by atoms with Crippen LogP contribution < -0.4 is 0 Å². The molecule has 3 aromatic rings. The standard InChI is InChI=1S/C16H11ClFN3O/c1-9-6-10(8-22)2-4-12(9)14-15(17)21-16(20-14)13-5-3-11(18)7-19-13/h2-8H,1H3,(H,20,21). The van der Waals surface area contributed by atoms with Gasteiger partial charge in [-0.3, -0.25) is 4.79 Å². The van der Waals surface area contributed by atoms with Gasteiger partial charge in [-0.25, -0.2) is 14.4 Å². The van der Waals surface area contributed by atoms with Gasteiger partial charge in [0, 0.05) is 11.1 Å². The van der Waals surface area contributed by atoms with Crippen LogP contribution in [0.25, 0.3) is 22.8 Å². The Labute approximate surface area is 131 Å². The van der Waals surface area contributed by atoms with Crippen molar-refractivity contribution in [1.29, 1.82) is 0 Å². The first-order valence-electron chi connectivity index (χ1n) is 6.52. The summed E-state index contributed by atoms with van der Waals surface area (Å²) >= 11 is 6.22. The molecule has 1 aromatic carbocycles. The maximum absolute atomic E-state index is 12.9. The molecule has 0 unspecified atom stereocenters. The van der Waals surface area contributed by atoms with Crippen LogP contribution in [0.5, 0.6) is 0 Å². The smallest absolute Gasteiger partial charge is 0.157 e. The second-order valence-electron chi connectivity index (χ2n) is 4.80. The fourth-order valence-corrected chi connectivity index (χ4v) is 2.43. The van der Waals surface area contributed by atoms with E-state index < -0.39 is 5.82 Å². The Kier molecular flexibility index (Phi) is 3.73. The van der Waals surface area contributed by atoms with Gasteiger partial charge >= 0.3 is 0 Å². The van der Waals surface area contributed by atoms with E-state index >= 15 is 0 Å². The molecule has 110 valence electrons. The van der Waals surface area contributed by atoms with E-state index in [9.17, 15) is 9.18 Å². The summed E-state index contributed by atoms with van der Waals surface area (Å²) in [5.41, 5.74) is 3.36. The van der Waals surface area contributed by atoms with Crippen molar-refractivity contribution in [1.82, 2.24) is 15.0 Å². The normalized spacial score (nSPS) is 10.7. The number of rotatable bonds is 3. The lowest BCUT2D eigenvalue weighted by Gasteiger charge is -2.03. The van der Waals surface area contributed by atoms with Crippen LogP contribution in [0.4, 0.5) is 4.39 Å². The molecule has 0 radical (unpaired) electrons. The van der Waals surface area contributed by atoms with Crippen LogP contribution in [0.15, 0.2) is 36.5 Å². The Balaban J connectivity index is 2.06. The van der Waals surface area contributed by atoms with Crippen LogP contribution >= 0.6 is 11.6 Å². The summed E-state index contributed by atoms with van der Waals surface area (Å²) in [6.07, 6.45) is 1.91. The number of H-pyrrole nitrogens is 1. The van der Waals surface area contributed by atoms with Gasteiger partial charge in [-0.05, 0) is 30.7 Å². The number of imidazole rings is 1. The summed E-state index contributed by atoms with van der Waals surface area (Å²) in [5, 5.41) is 0.364. The van der Waals surface area contributed by atoms with Gasteiger partial charge in [0.05, 0.1) is 6.20 Å². The molecule has 3 rings (SSSR count). The van der Waals surface area contributed by atoms with Crippen molar-refractivity contribution in [2.75, 3.05) is 0 Å². The predicted molar refractivity (Wildman–Crippen MR) is 82.3 cm³/mol. The zero-order valence-corrected chi connectivity index (χ0v) is 12.4. The van der Waals surface area contributed by atoms with Crippen molar-refractivity contribution in [3.63, 3.8) is 0 Å². The first-order valence-corrected chi connectivity index (χ1v) is 6.90. The molecule has 0 spiro atoms. The van der Waals surface area contributed by atoms with Crippen molar-refractivity contribution in [2.24, 2.45) is 0 Å². The summed E-state index contributed by atoms with van der Waals surface area (Å²) in [6, 6.07) is 8.10. The Bertz CT molecular complexity index is 843. The third-order valence-corrected chi connectivity index (χ3v) is 3.54. The molecule has 0 saturated heterocycles. The molecular formula is C16H11ClFN3O. The number of aromatic nitrogens is 3. The molecule has 0 aliphatic heterocycles. The first-order chi connectivity index (χ1) is 10.6. The van der Waals surface area contributed by atoms with E-state index in [0.717, 1.165) is 23.6 Å². The van der Waals surface area contributed by atoms with Gasteiger partial charge in [0.2, 0.25) is 0 Å². The molecular weight excluding hydrogens is 305 g/mol. The highest BCUT2D eigenvalue weighted by Gasteiger charge is 2.14. The summed E-state index contributed by atoms with van der Waals surface area (Å²) < 4.78 is 12.9. The highest BCUT2D eigenvalue weighted by molar-refractivity contribution is 6.32. The van der Waals surface area contributed by atoms with Crippen LogP contribution in [0.1, 0.15) is 15.9 Å². The fraction of sp³-hybridized carbons (Fsp3) is 0.0625. The van der Waals surface area contributed by atoms with E-state index in [-0.39, 0.29) is 0 Å². The van der Waals surface area contributed by atoms with Gasteiger partial charge in [0.1, 0.15) is 28.6 Å². The van der Waals surface area contributed by atoms with Crippen molar-refractivity contribution in [2.45, 2.75) is 6.92 Å². The predicted octanol–water partition coefficient (Wildman–Crippen LogP) is 4.05. The molecule has 0 fully saturated rings. The molecule has 2 aromatic heterocycles. The minimum absolute atomic E-state index is 0.364. The number of aryl methyl sites for hydroxylation is 1. The lowest BCUT2D eigenvalue weighted by Crippen LogP contribution is -1.89. The summed E-state index contributed by atoms with van der Waals surface area (Å²) in [4.78, 5) is 22.1. The number of aldehydes is 1. The topological polar surface area (TPSA) is 58.6 Å². The van der Waals surface area contributed by atoms with Crippen LogP contribution in [0.2, 0.25) is 5.15 Å². The minimum Gasteiger partial charge on any atom is -0.327 e. The number of nitrogens with zero attached hydrogens (tertiary/aromatic N) is 2. The maximum Gasteiger partial charge on any atom is 0.157 e. The van der Waals surface area contributed by atoms with Gasteiger partial charge in [0.15, 0.2) is 5.82 Å². The second-order valence-corrected chi connectivity index (χ2v) is 5.18. The highest BCUT2D eigenvalue weighted by Crippen LogP contribution is 2.31. The molecule has 0 saturated carbocycles. The summed E-state index contributed by atoms with van der Waals surface area (Å²) in [5.74, 6) is 0.0424. The molecule has 22 heavy (non-hydrogen) atoms. The third-order valence-electron chi connectivity index (χ3n) is 3.27. The lowest BCUT2D eigenvalue weighted by molar-refractivity contribution is 0.112. The van der Waals surface area contributed by atoms with E-state index in [2.05, 4.69) is 15.0 Å². The van der Waals surface area contributed by atoms with Crippen LogP contribution in [-0.4, -0.2) is 21.2 Å². The monoisotopic (exact) mass is 315 g/mol. The average Bonchev–Trinajstić information content (AvgIpc) is 2.89. The van der Waals surface area contributed by atoms with Crippen molar-refractivity contribution in [3.05, 3.63) is 58.6 Å². The van der Waals surface area contributed by atoms with Gasteiger partial charge in [-0.15, -0.1) is 0 Å². The number of pyridine rings is 1. The summed E-state index contributed by atoms with van der Waals surface area (Å²) in [6.45, 7) is 1.88. The van der Waals surface area contributed by atoms with E-state index in [1.807, 2.05) is 6.92 Å². The van der Waals surface area contributed by atoms with Gasteiger partial charge in [-0.2, -0.15) is 0 Å². The zero-order valence-electron chi connectivity index (χ0n) is 11.6. The molecule has 6 heteroatoms. The number of hydrogen-bond donors (Lipinski definition) is 1. The maximum atomic E-state index is 12.9. The van der Waals surface area contributed by atoms with Crippen LogP contribution in [-0.2, 0) is 0 Å². The molecule has 2 heterocycles. The SMILES string of the molecule is Cc1cc(C=O)ccc1-c1nc(-c2ccc(F)cn2)[nH]c1Cl.